The fraction of sp³-hybridized carbons (Fsp3) is 0.464. The van der Waals surface area contributed by atoms with E-state index in [-0.39, 0.29) is 34.4 Å². The van der Waals surface area contributed by atoms with E-state index in [4.69, 9.17) is 0 Å². The fourth-order valence-corrected chi connectivity index (χ4v) is 10.0. The molecule has 3 N–H and O–H groups in total. The number of aryl methyl sites for hydroxylation is 2. The number of carbonyl (C=O) groups is 3. The van der Waals surface area contributed by atoms with Crippen molar-refractivity contribution in [1.82, 2.24) is 10.2 Å². The van der Waals surface area contributed by atoms with Crippen molar-refractivity contribution in [3.05, 3.63) is 65.2 Å². The van der Waals surface area contributed by atoms with Gasteiger partial charge in [0.05, 0.1) is 29.2 Å². The maximum Gasteiger partial charge on any atom is 0.248 e. The highest BCUT2D eigenvalue weighted by Gasteiger charge is 2.76. The molecule has 3 saturated heterocycles. The van der Waals surface area contributed by atoms with E-state index < -0.39 is 28.7 Å². The normalized spacial score (nSPS) is 30.8. The number of benzene rings is 2. The molecule has 2 bridgehead atoms. The first-order valence-electron chi connectivity index (χ1n) is 12.6. The molecule has 0 aliphatic carbocycles. The predicted octanol–water partition coefficient (Wildman–Crippen LogP) is 3.06. The Kier molecular flexibility index (Phi) is 7.15. The zero-order chi connectivity index (χ0) is 26.5. The highest BCUT2D eigenvalue weighted by Crippen LogP contribution is 2.68. The Morgan fingerprint density at radius 1 is 1.19 bits per heavy atom. The molecule has 3 unspecified atom stereocenters. The number of carbonyl (C=O) groups excluding carboxylic acids is 3. The smallest absolute Gasteiger partial charge is 0.248 e. The summed E-state index contributed by atoms with van der Waals surface area (Å²) in [5, 5.41) is 16.3. The summed E-state index contributed by atoms with van der Waals surface area (Å²) < 4.78 is -0.765. The maximum atomic E-state index is 14.2. The van der Waals surface area contributed by atoms with E-state index in [9.17, 15) is 19.5 Å². The van der Waals surface area contributed by atoms with Gasteiger partial charge in [0.2, 0.25) is 17.7 Å². The molecule has 0 radical (unpaired) electrons. The zero-order valence-electron chi connectivity index (χ0n) is 21.1. The van der Waals surface area contributed by atoms with Gasteiger partial charge in [-0.05, 0) is 49.4 Å². The van der Waals surface area contributed by atoms with Crippen LogP contribution in [0.1, 0.15) is 23.1 Å². The van der Waals surface area contributed by atoms with Crippen molar-refractivity contribution in [3.8, 4) is 0 Å². The Morgan fingerprint density at radius 2 is 1.92 bits per heavy atom. The lowest BCUT2D eigenvalue weighted by Gasteiger charge is -2.37. The van der Waals surface area contributed by atoms with Gasteiger partial charge in [-0.1, -0.05) is 58.4 Å². The van der Waals surface area contributed by atoms with Crippen LogP contribution in [0.25, 0.3) is 0 Å². The number of thioether (sulfide) groups is 1. The van der Waals surface area contributed by atoms with Crippen molar-refractivity contribution in [2.24, 2.45) is 11.8 Å². The first-order valence-corrected chi connectivity index (χ1v) is 14.4. The average molecular weight is 587 g/mol. The minimum Gasteiger partial charge on any atom is -0.394 e. The van der Waals surface area contributed by atoms with Gasteiger partial charge in [-0.3, -0.25) is 14.4 Å². The van der Waals surface area contributed by atoms with Crippen molar-refractivity contribution in [2.75, 3.05) is 19.0 Å². The summed E-state index contributed by atoms with van der Waals surface area (Å²) in [6.45, 7) is 3.62. The Hall–Kier alpha value is -2.36. The molecule has 196 valence electrons. The molecule has 3 fully saturated rings. The lowest BCUT2D eigenvalue weighted by atomic mass is 9.70. The number of hydrogen-bond donors (Lipinski definition) is 3. The molecule has 37 heavy (non-hydrogen) atoms. The summed E-state index contributed by atoms with van der Waals surface area (Å²) in [5.74, 6) is -1.85. The topological polar surface area (TPSA) is 98.7 Å². The van der Waals surface area contributed by atoms with Gasteiger partial charge >= 0.3 is 0 Å². The Morgan fingerprint density at radius 3 is 2.59 bits per heavy atom. The second-order valence-electron chi connectivity index (χ2n) is 10.4. The molecule has 0 saturated carbocycles. The van der Waals surface area contributed by atoms with Gasteiger partial charge in [0.25, 0.3) is 0 Å². The summed E-state index contributed by atoms with van der Waals surface area (Å²) in [7, 11) is 1.59. The quantitative estimate of drug-likeness (QED) is 0.434. The molecule has 7 nitrogen and oxygen atoms in total. The summed E-state index contributed by atoms with van der Waals surface area (Å²) in [4.78, 5) is 43.0. The Bertz CT molecular complexity index is 1230. The lowest BCUT2D eigenvalue weighted by Crippen LogP contribution is -2.55. The van der Waals surface area contributed by atoms with Crippen molar-refractivity contribution in [2.45, 2.75) is 53.6 Å². The number of nitrogens with zero attached hydrogens (tertiary/aromatic N) is 1. The van der Waals surface area contributed by atoms with Crippen LogP contribution in [-0.4, -0.2) is 68.3 Å². The number of rotatable bonds is 7. The molecule has 0 aromatic heterocycles. The monoisotopic (exact) mass is 585 g/mol. The van der Waals surface area contributed by atoms with E-state index in [1.54, 1.807) is 23.7 Å². The Labute approximate surface area is 229 Å². The largest absolute Gasteiger partial charge is 0.394 e. The molecular formula is C28H32BrN3O4S. The molecule has 3 aliphatic rings. The second-order valence-corrected chi connectivity index (χ2v) is 13.1. The van der Waals surface area contributed by atoms with Crippen LogP contribution in [0.2, 0.25) is 0 Å². The molecule has 2 aromatic rings. The van der Waals surface area contributed by atoms with Gasteiger partial charge in [0.1, 0.15) is 6.04 Å². The van der Waals surface area contributed by atoms with Crippen molar-refractivity contribution in [1.29, 1.82) is 0 Å². The van der Waals surface area contributed by atoms with Gasteiger partial charge in [0, 0.05) is 22.8 Å². The van der Waals surface area contributed by atoms with Gasteiger partial charge in [-0.15, -0.1) is 11.8 Å². The van der Waals surface area contributed by atoms with Crippen molar-refractivity contribution >= 4 is 51.1 Å². The molecule has 3 heterocycles. The standard InChI is InChI=1S/C28H32BrN3O4S/c1-15-9-10-16(2)20(11-15)31-26(35)24-28-13-19(29)23(37-28)21(25(34)30-3)22(28)27(36)32(24)18(14-33)12-17-7-5-4-6-8-17/h4-11,18-19,21-24,33H,12-14H2,1-3H3,(H,30,34)(H,31,35)/t18-,19?,21+,22+,23+,24?,28?/m1/s1. The number of halogens is 1. The average Bonchev–Trinajstić information content (AvgIpc) is 3.48. The van der Waals surface area contributed by atoms with Crippen LogP contribution >= 0.6 is 27.7 Å². The van der Waals surface area contributed by atoms with E-state index in [2.05, 4.69) is 26.6 Å². The van der Waals surface area contributed by atoms with Gasteiger partial charge < -0.3 is 20.6 Å². The number of hydrogen-bond acceptors (Lipinski definition) is 5. The van der Waals surface area contributed by atoms with Crippen LogP contribution in [0.3, 0.4) is 0 Å². The molecule has 5 rings (SSSR count). The SMILES string of the molecule is CNC(=O)[C@H]1[C@H]2C(=O)N([C@@H](CO)Cc3ccccc3)C(C(=O)Nc3cc(C)ccc3C)C23CC(Br)[C@@H]1S3. The van der Waals surface area contributed by atoms with Crippen LogP contribution in [0, 0.1) is 25.7 Å². The number of alkyl halides is 1. The number of aliphatic hydroxyl groups excluding tert-OH is 1. The minimum absolute atomic E-state index is 0.00139. The molecular weight excluding hydrogens is 554 g/mol. The molecule has 9 heteroatoms. The van der Waals surface area contributed by atoms with Gasteiger partial charge in [0.15, 0.2) is 0 Å². The van der Waals surface area contributed by atoms with E-state index in [1.165, 1.54) is 0 Å². The van der Waals surface area contributed by atoms with E-state index >= 15 is 0 Å². The van der Waals surface area contributed by atoms with Crippen LogP contribution < -0.4 is 10.6 Å². The third-order valence-electron chi connectivity index (χ3n) is 8.09. The molecule has 2 aromatic carbocycles. The lowest BCUT2D eigenvalue weighted by molar-refractivity contribution is -0.141. The third kappa shape index (κ3) is 4.29. The first kappa shape index (κ1) is 26.3. The third-order valence-corrected chi connectivity index (χ3v) is 11.3. The second kappa shape index (κ2) is 10.1. The van der Waals surface area contributed by atoms with E-state index in [0.29, 0.717) is 18.5 Å². The van der Waals surface area contributed by atoms with Gasteiger partial charge in [-0.2, -0.15) is 0 Å². The maximum absolute atomic E-state index is 14.2. The fourth-order valence-electron chi connectivity index (χ4n) is 6.44. The highest BCUT2D eigenvalue weighted by molar-refractivity contribution is 9.09. The summed E-state index contributed by atoms with van der Waals surface area (Å²) >= 11 is 5.36. The van der Waals surface area contributed by atoms with E-state index in [1.807, 2.05) is 62.4 Å². The minimum atomic E-state index is -0.824. The molecule has 1 spiro atoms. The number of aliphatic hydroxyl groups is 1. The van der Waals surface area contributed by atoms with Crippen LogP contribution in [-0.2, 0) is 20.8 Å². The number of likely N-dealkylation sites (tertiary alicyclic amines) is 1. The van der Waals surface area contributed by atoms with Crippen LogP contribution in [0.4, 0.5) is 5.69 Å². The Balaban J connectivity index is 1.58. The van der Waals surface area contributed by atoms with Crippen molar-refractivity contribution in [3.63, 3.8) is 0 Å². The molecule has 3 aliphatic heterocycles. The van der Waals surface area contributed by atoms with Crippen LogP contribution in [0.5, 0.6) is 0 Å². The predicted molar refractivity (Wildman–Crippen MR) is 149 cm³/mol. The first-order chi connectivity index (χ1) is 17.7. The summed E-state index contributed by atoms with van der Waals surface area (Å²) in [6.07, 6.45) is 1.01. The number of nitrogens with one attached hydrogen (secondary N) is 2. The van der Waals surface area contributed by atoms with Gasteiger partial charge in [-0.25, -0.2) is 0 Å². The summed E-state index contributed by atoms with van der Waals surface area (Å²) in [6, 6.07) is 14.1. The number of anilines is 1. The molecule has 7 atom stereocenters. The van der Waals surface area contributed by atoms with E-state index in [0.717, 1.165) is 16.7 Å². The highest BCUT2D eigenvalue weighted by atomic mass is 79.9. The molecule has 3 amide bonds. The van der Waals surface area contributed by atoms with Crippen molar-refractivity contribution < 1.29 is 19.5 Å². The van der Waals surface area contributed by atoms with Crippen LogP contribution in [0.15, 0.2) is 48.5 Å². The number of fused-ring (bicyclic) bond motifs is 1. The number of amides is 3. The zero-order valence-corrected chi connectivity index (χ0v) is 23.5. The summed E-state index contributed by atoms with van der Waals surface area (Å²) in [5.41, 5.74) is 3.62.